The topological polar surface area (TPSA) is 73.7 Å². The highest BCUT2D eigenvalue weighted by atomic mass is 16.5. The molecule has 1 aromatic heterocycles. The molecule has 4 aromatic rings. The number of fused-ring (bicyclic) bond motifs is 1. The maximum Gasteiger partial charge on any atom is 0.266 e. The van der Waals surface area contributed by atoms with Crippen LogP contribution in [0.5, 0.6) is 11.5 Å². The van der Waals surface area contributed by atoms with Gasteiger partial charge in [-0.05, 0) is 66.9 Å². The second-order valence-electron chi connectivity index (χ2n) is 9.33. The molecule has 0 fully saturated rings. The molecule has 0 saturated carbocycles. The SMILES string of the molecule is CCC(c1nc2ccccc2c(=O)n1-c1ccc(OC)cc1)N(CC(C)C)C(=O)c1cccc(OC)c1. The van der Waals surface area contributed by atoms with Crippen molar-refractivity contribution in [1.29, 1.82) is 0 Å². The number of rotatable bonds is 9. The Balaban J connectivity index is 1.94. The van der Waals surface area contributed by atoms with Crippen molar-refractivity contribution in [2.45, 2.75) is 33.2 Å². The van der Waals surface area contributed by atoms with Gasteiger partial charge >= 0.3 is 0 Å². The van der Waals surface area contributed by atoms with Crippen molar-refractivity contribution in [3.05, 3.63) is 94.5 Å². The maximum atomic E-state index is 13.9. The fraction of sp³-hybridized carbons (Fsp3) is 0.300. The summed E-state index contributed by atoms with van der Waals surface area (Å²) in [6.45, 7) is 6.66. The van der Waals surface area contributed by atoms with Gasteiger partial charge < -0.3 is 14.4 Å². The minimum atomic E-state index is -0.444. The molecule has 0 radical (unpaired) electrons. The number of hydrogen-bond donors (Lipinski definition) is 0. The molecule has 0 aliphatic carbocycles. The molecular formula is C30H33N3O4. The van der Waals surface area contributed by atoms with Crippen LogP contribution in [0, 0.1) is 5.92 Å². The predicted molar refractivity (Wildman–Crippen MR) is 146 cm³/mol. The Morgan fingerprint density at radius 1 is 0.946 bits per heavy atom. The molecule has 1 atom stereocenters. The van der Waals surface area contributed by atoms with Gasteiger partial charge in [0.15, 0.2) is 0 Å². The number of methoxy groups -OCH3 is 2. The summed E-state index contributed by atoms with van der Waals surface area (Å²) in [5.74, 6) is 1.89. The van der Waals surface area contributed by atoms with E-state index in [1.165, 1.54) is 0 Å². The minimum Gasteiger partial charge on any atom is -0.497 e. The van der Waals surface area contributed by atoms with Gasteiger partial charge in [-0.15, -0.1) is 0 Å². The van der Waals surface area contributed by atoms with E-state index in [1.54, 1.807) is 37.0 Å². The van der Waals surface area contributed by atoms with Crippen LogP contribution in [0.1, 0.15) is 49.4 Å². The lowest BCUT2D eigenvalue weighted by Crippen LogP contribution is -2.40. The highest BCUT2D eigenvalue weighted by Gasteiger charge is 2.30. The maximum absolute atomic E-state index is 13.9. The van der Waals surface area contributed by atoms with Gasteiger partial charge in [-0.1, -0.05) is 39.0 Å². The molecule has 1 amide bonds. The second kappa shape index (κ2) is 11.3. The zero-order chi connectivity index (χ0) is 26.5. The summed E-state index contributed by atoms with van der Waals surface area (Å²) in [7, 11) is 3.18. The van der Waals surface area contributed by atoms with Crippen LogP contribution >= 0.6 is 0 Å². The summed E-state index contributed by atoms with van der Waals surface area (Å²) in [4.78, 5) is 34.6. The van der Waals surface area contributed by atoms with Crippen molar-refractivity contribution in [3.63, 3.8) is 0 Å². The number of benzene rings is 3. The molecule has 0 N–H and O–H groups in total. The van der Waals surface area contributed by atoms with Crippen molar-refractivity contribution in [1.82, 2.24) is 14.5 Å². The molecule has 0 aliphatic rings. The third-order valence-electron chi connectivity index (χ3n) is 6.33. The zero-order valence-corrected chi connectivity index (χ0v) is 22.0. The van der Waals surface area contributed by atoms with Gasteiger partial charge in [0.1, 0.15) is 17.3 Å². The summed E-state index contributed by atoms with van der Waals surface area (Å²) in [5, 5.41) is 0.520. The van der Waals surface area contributed by atoms with E-state index in [2.05, 4.69) is 13.8 Å². The smallest absolute Gasteiger partial charge is 0.266 e. The van der Waals surface area contributed by atoms with Crippen molar-refractivity contribution in [2.75, 3.05) is 20.8 Å². The molecule has 0 spiro atoms. The Bertz CT molecular complexity index is 1440. The summed E-state index contributed by atoms with van der Waals surface area (Å²) in [5.41, 5.74) is 1.61. The van der Waals surface area contributed by atoms with Crippen LogP contribution in [0.3, 0.4) is 0 Å². The van der Waals surface area contributed by atoms with Gasteiger partial charge in [-0.2, -0.15) is 0 Å². The Labute approximate surface area is 217 Å². The van der Waals surface area contributed by atoms with Crippen molar-refractivity contribution in [3.8, 4) is 17.2 Å². The van der Waals surface area contributed by atoms with E-state index in [0.29, 0.717) is 52.4 Å². The Morgan fingerprint density at radius 3 is 2.30 bits per heavy atom. The van der Waals surface area contributed by atoms with Gasteiger partial charge in [-0.25, -0.2) is 4.98 Å². The van der Waals surface area contributed by atoms with E-state index >= 15 is 0 Å². The average molecular weight is 500 g/mol. The Morgan fingerprint density at radius 2 is 1.65 bits per heavy atom. The minimum absolute atomic E-state index is 0.136. The average Bonchev–Trinajstić information content (AvgIpc) is 2.92. The molecule has 192 valence electrons. The van der Waals surface area contributed by atoms with Gasteiger partial charge in [0.25, 0.3) is 11.5 Å². The molecule has 4 rings (SSSR count). The molecular weight excluding hydrogens is 466 g/mol. The lowest BCUT2D eigenvalue weighted by Gasteiger charge is -2.33. The van der Waals surface area contributed by atoms with Crippen LogP contribution in [0.15, 0.2) is 77.6 Å². The standard InChI is InChI=1S/C30H33N3O4/c1-6-27(32(19-20(2)3)29(34)21-10-9-11-24(18-21)37-5)28-31-26-13-8-7-12-25(26)30(35)33(28)22-14-16-23(36-4)17-15-22/h7-18,20,27H,6,19H2,1-5H3. The number of para-hydroxylation sites is 1. The lowest BCUT2D eigenvalue weighted by molar-refractivity contribution is 0.0631. The van der Waals surface area contributed by atoms with E-state index in [0.717, 1.165) is 0 Å². The second-order valence-corrected chi connectivity index (χ2v) is 9.33. The normalized spacial score (nSPS) is 11.9. The first-order valence-electron chi connectivity index (χ1n) is 12.5. The number of carbonyl (C=O) groups excluding carboxylic acids is 1. The van der Waals surface area contributed by atoms with Crippen LogP contribution in [-0.2, 0) is 0 Å². The Hall–Kier alpha value is -4.13. The summed E-state index contributed by atoms with van der Waals surface area (Å²) >= 11 is 0. The van der Waals surface area contributed by atoms with Crippen molar-refractivity contribution < 1.29 is 14.3 Å². The third kappa shape index (κ3) is 5.35. The van der Waals surface area contributed by atoms with E-state index in [4.69, 9.17) is 14.5 Å². The first kappa shape index (κ1) is 25.9. The number of hydrogen-bond acceptors (Lipinski definition) is 5. The molecule has 1 unspecified atom stereocenters. The molecule has 37 heavy (non-hydrogen) atoms. The molecule has 0 saturated heterocycles. The van der Waals surface area contributed by atoms with Crippen molar-refractivity contribution in [2.24, 2.45) is 5.92 Å². The summed E-state index contributed by atoms with van der Waals surface area (Å²) in [6, 6.07) is 21.3. The molecule has 1 heterocycles. The zero-order valence-electron chi connectivity index (χ0n) is 22.0. The fourth-order valence-corrected chi connectivity index (χ4v) is 4.56. The molecule has 0 aliphatic heterocycles. The highest BCUT2D eigenvalue weighted by Crippen LogP contribution is 2.29. The van der Waals surface area contributed by atoms with Crippen LogP contribution in [-0.4, -0.2) is 41.1 Å². The number of amides is 1. The highest BCUT2D eigenvalue weighted by molar-refractivity contribution is 5.95. The number of nitrogens with zero attached hydrogens (tertiary/aromatic N) is 3. The number of carbonyl (C=O) groups is 1. The molecule has 3 aromatic carbocycles. The largest absolute Gasteiger partial charge is 0.497 e. The van der Waals surface area contributed by atoms with E-state index in [1.807, 2.05) is 66.4 Å². The van der Waals surface area contributed by atoms with Gasteiger partial charge in [-0.3, -0.25) is 14.2 Å². The lowest BCUT2D eigenvalue weighted by atomic mass is 10.0. The molecule has 7 nitrogen and oxygen atoms in total. The first-order valence-corrected chi connectivity index (χ1v) is 12.5. The van der Waals surface area contributed by atoms with E-state index in [-0.39, 0.29) is 17.4 Å². The fourth-order valence-electron chi connectivity index (χ4n) is 4.56. The predicted octanol–water partition coefficient (Wildman–Crippen LogP) is 5.65. The molecule has 0 bridgehead atoms. The van der Waals surface area contributed by atoms with E-state index < -0.39 is 6.04 Å². The molecule has 7 heteroatoms. The van der Waals surface area contributed by atoms with Crippen LogP contribution in [0.25, 0.3) is 16.6 Å². The van der Waals surface area contributed by atoms with Gasteiger partial charge in [0, 0.05) is 12.1 Å². The first-order chi connectivity index (χ1) is 17.9. The van der Waals surface area contributed by atoms with Gasteiger partial charge in [0.05, 0.1) is 36.9 Å². The van der Waals surface area contributed by atoms with Crippen LogP contribution in [0.4, 0.5) is 0 Å². The van der Waals surface area contributed by atoms with Crippen LogP contribution in [0.2, 0.25) is 0 Å². The van der Waals surface area contributed by atoms with Crippen molar-refractivity contribution >= 4 is 16.8 Å². The van der Waals surface area contributed by atoms with Gasteiger partial charge in [0.2, 0.25) is 0 Å². The number of aromatic nitrogens is 2. The quantitative estimate of drug-likeness (QED) is 0.297. The third-order valence-corrected chi connectivity index (χ3v) is 6.33. The van der Waals surface area contributed by atoms with Crippen LogP contribution < -0.4 is 15.0 Å². The Kier molecular flexibility index (Phi) is 7.92. The summed E-state index contributed by atoms with van der Waals surface area (Å²) < 4.78 is 12.3. The summed E-state index contributed by atoms with van der Waals surface area (Å²) in [6.07, 6.45) is 0.573. The monoisotopic (exact) mass is 499 g/mol. The van der Waals surface area contributed by atoms with E-state index in [9.17, 15) is 9.59 Å². The number of ether oxygens (including phenoxy) is 2.